The molecule has 1 amide bonds. The van der Waals surface area contributed by atoms with E-state index in [0.29, 0.717) is 22.5 Å². The van der Waals surface area contributed by atoms with Gasteiger partial charge in [0.05, 0.1) is 10.6 Å². The number of nitrogens with two attached hydrogens (primary N) is 1. The molecule has 1 aliphatic rings. The smallest absolute Gasteiger partial charge is 0.250 e. The number of anilines is 1. The Hall–Kier alpha value is -1.22. The van der Waals surface area contributed by atoms with Crippen LogP contribution in [0.25, 0.3) is 0 Å². The Balaban J connectivity index is 2.07. The number of carbonyl (C=O) groups excluding carboxylic acids is 1. The molecule has 1 aromatic rings. The van der Waals surface area contributed by atoms with E-state index >= 15 is 0 Å². The molecule has 0 radical (unpaired) electrons. The molecule has 3 nitrogen and oxygen atoms in total. The fourth-order valence-electron chi connectivity index (χ4n) is 2.90. The van der Waals surface area contributed by atoms with Crippen LogP contribution >= 0.6 is 11.6 Å². The van der Waals surface area contributed by atoms with Gasteiger partial charge in [-0.3, -0.25) is 4.79 Å². The number of primary amides is 1. The van der Waals surface area contributed by atoms with Gasteiger partial charge in [0.1, 0.15) is 0 Å². The molecule has 3 N–H and O–H groups in total. The molecule has 0 aromatic heterocycles. The highest BCUT2D eigenvalue weighted by molar-refractivity contribution is 6.34. The number of hydrogen-bond donors (Lipinski definition) is 2. The lowest BCUT2D eigenvalue weighted by atomic mass is 9.80. The van der Waals surface area contributed by atoms with E-state index in [9.17, 15) is 4.79 Å². The Morgan fingerprint density at radius 2 is 2.11 bits per heavy atom. The third-order valence-corrected chi connectivity index (χ3v) is 4.33. The van der Waals surface area contributed by atoms with Gasteiger partial charge in [0.2, 0.25) is 5.91 Å². The van der Waals surface area contributed by atoms with Crippen LogP contribution < -0.4 is 11.1 Å². The van der Waals surface area contributed by atoms with Gasteiger partial charge in [-0.1, -0.05) is 25.4 Å². The quantitative estimate of drug-likeness (QED) is 0.887. The highest BCUT2D eigenvalue weighted by Gasteiger charge is 2.25. The summed E-state index contributed by atoms with van der Waals surface area (Å²) in [5, 5.41) is 3.93. The first-order valence-electron chi connectivity index (χ1n) is 6.83. The maximum atomic E-state index is 11.1. The monoisotopic (exact) mass is 280 g/mol. The molecule has 1 aliphatic carbocycles. The van der Waals surface area contributed by atoms with E-state index in [0.717, 1.165) is 11.6 Å². The van der Waals surface area contributed by atoms with E-state index in [1.54, 1.807) is 12.1 Å². The van der Waals surface area contributed by atoms with E-state index in [1.165, 1.54) is 19.3 Å². The summed E-state index contributed by atoms with van der Waals surface area (Å²) >= 11 is 6.06. The molecule has 0 aliphatic heterocycles. The topological polar surface area (TPSA) is 55.1 Å². The summed E-state index contributed by atoms with van der Waals surface area (Å²) < 4.78 is 0. The maximum absolute atomic E-state index is 11.1. The van der Waals surface area contributed by atoms with Crippen LogP contribution in [0.15, 0.2) is 18.2 Å². The normalized spacial score (nSPS) is 27.0. The van der Waals surface area contributed by atoms with Crippen molar-refractivity contribution in [2.45, 2.75) is 39.2 Å². The van der Waals surface area contributed by atoms with Crippen molar-refractivity contribution < 1.29 is 4.79 Å². The Bertz CT molecular complexity index is 475. The number of hydrogen-bond acceptors (Lipinski definition) is 2. The predicted octanol–water partition coefficient (Wildman–Crippen LogP) is 3.68. The summed E-state index contributed by atoms with van der Waals surface area (Å²) in [6.45, 7) is 4.60. The molecule has 1 saturated carbocycles. The summed E-state index contributed by atoms with van der Waals surface area (Å²) in [7, 11) is 0. The Morgan fingerprint density at radius 3 is 2.68 bits per heavy atom. The molecule has 0 bridgehead atoms. The fraction of sp³-hybridized carbons (Fsp3) is 0.533. The molecular formula is C15H21ClN2O. The molecule has 0 heterocycles. The van der Waals surface area contributed by atoms with Crippen LogP contribution in [-0.4, -0.2) is 11.9 Å². The van der Waals surface area contributed by atoms with Gasteiger partial charge in [-0.15, -0.1) is 0 Å². The summed E-state index contributed by atoms with van der Waals surface area (Å²) in [5.74, 6) is 0.976. The molecule has 2 rings (SSSR count). The first kappa shape index (κ1) is 14.2. The third-order valence-electron chi connectivity index (χ3n) is 4.02. The van der Waals surface area contributed by atoms with Crippen LogP contribution in [0.2, 0.25) is 5.02 Å². The van der Waals surface area contributed by atoms with Gasteiger partial charge in [-0.05, 0) is 49.3 Å². The largest absolute Gasteiger partial charge is 0.382 e. The lowest BCUT2D eigenvalue weighted by Gasteiger charge is -2.33. The zero-order valence-corrected chi connectivity index (χ0v) is 12.2. The van der Waals surface area contributed by atoms with Crippen molar-refractivity contribution in [1.82, 2.24) is 0 Å². The molecule has 19 heavy (non-hydrogen) atoms. The van der Waals surface area contributed by atoms with Crippen LogP contribution in [0.3, 0.4) is 0 Å². The number of rotatable bonds is 3. The molecule has 104 valence electrons. The molecule has 0 spiro atoms. The Kier molecular flexibility index (Phi) is 4.35. The van der Waals surface area contributed by atoms with Gasteiger partial charge < -0.3 is 11.1 Å². The van der Waals surface area contributed by atoms with Gasteiger partial charge >= 0.3 is 0 Å². The number of benzene rings is 1. The predicted molar refractivity (Wildman–Crippen MR) is 79.6 cm³/mol. The molecule has 3 unspecified atom stereocenters. The summed E-state index contributed by atoms with van der Waals surface area (Å²) in [6.07, 6.45) is 3.69. The van der Waals surface area contributed by atoms with Gasteiger partial charge in [0.25, 0.3) is 0 Å². The van der Waals surface area contributed by atoms with Crippen molar-refractivity contribution in [3.8, 4) is 0 Å². The van der Waals surface area contributed by atoms with Crippen LogP contribution in [-0.2, 0) is 0 Å². The zero-order chi connectivity index (χ0) is 14.0. The van der Waals surface area contributed by atoms with Crippen LogP contribution in [0.5, 0.6) is 0 Å². The van der Waals surface area contributed by atoms with Crippen molar-refractivity contribution in [2.24, 2.45) is 17.6 Å². The summed E-state index contributed by atoms with van der Waals surface area (Å²) in [4.78, 5) is 11.1. The van der Waals surface area contributed by atoms with E-state index in [4.69, 9.17) is 17.3 Å². The van der Waals surface area contributed by atoms with Crippen molar-refractivity contribution in [3.63, 3.8) is 0 Å². The van der Waals surface area contributed by atoms with E-state index in [2.05, 4.69) is 19.2 Å². The minimum atomic E-state index is -0.489. The first-order chi connectivity index (χ1) is 8.97. The van der Waals surface area contributed by atoms with Crippen molar-refractivity contribution >= 4 is 23.2 Å². The maximum Gasteiger partial charge on any atom is 0.250 e. The summed E-state index contributed by atoms with van der Waals surface area (Å²) in [6, 6.07) is 5.82. The standard InChI is InChI=1S/C15H21ClN2O/c1-9-3-6-14(10(2)7-9)18-11-4-5-12(15(17)19)13(16)8-11/h4-5,8-10,14,18H,3,6-7H2,1-2H3,(H2,17,19). The van der Waals surface area contributed by atoms with Crippen LogP contribution in [0.1, 0.15) is 43.5 Å². The third kappa shape index (κ3) is 3.41. The minimum Gasteiger partial charge on any atom is -0.382 e. The van der Waals surface area contributed by atoms with Crippen LogP contribution in [0.4, 0.5) is 5.69 Å². The van der Waals surface area contributed by atoms with Gasteiger partial charge in [-0.25, -0.2) is 0 Å². The molecule has 4 heteroatoms. The zero-order valence-electron chi connectivity index (χ0n) is 11.4. The Morgan fingerprint density at radius 1 is 1.37 bits per heavy atom. The fourth-order valence-corrected chi connectivity index (χ4v) is 3.17. The summed E-state index contributed by atoms with van der Waals surface area (Å²) in [5.41, 5.74) is 6.57. The van der Waals surface area contributed by atoms with E-state index < -0.39 is 5.91 Å². The average Bonchev–Trinajstić information content (AvgIpc) is 2.32. The van der Waals surface area contributed by atoms with Crippen LogP contribution in [0, 0.1) is 11.8 Å². The highest BCUT2D eigenvalue weighted by Crippen LogP contribution is 2.31. The SMILES string of the molecule is CC1CCC(Nc2ccc(C(N)=O)c(Cl)c2)C(C)C1. The number of carbonyl (C=O) groups is 1. The second-order valence-electron chi connectivity index (χ2n) is 5.71. The van der Waals surface area contributed by atoms with E-state index in [-0.39, 0.29) is 0 Å². The molecule has 1 aromatic carbocycles. The van der Waals surface area contributed by atoms with Crippen molar-refractivity contribution in [2.75, 3.05) is 5.32 Å². The minimum absolute atomic E-state index is 0.373. The average molecular weight is 281 g/mol. The van der Waals surface area contributed by atoms with Crippen molar-refractivity contribution in [3.05, 3.63) is 28.8 Å². The lowest BCUT2D eigenvalue weighted by molar-refractivity contribution is 0.100. The Labute approximate surface area is 119 Å². The van der Waals surface area contributed by atoms with Gasteiger partial charge in [-0.2, -0.15) is 0 Å². The number of amides is 1. The lowest BCUT2D eigenvalue weighted by Crippen LogP contribution is -2.33. The first-order valence-corrected chi connectivity index (χ1v) is 7.21. The second-order valence-corrected chi connectivity index (χ2v) is 6.11. The second kappa shape index (κ2) is 5.83. The number of nitrogens with one attached hydrogen (secondary N) is 1. The number of halogens is 1. The molecule has 3 atom stereocenters. The van der Waals surface area contributed by atoms with Gasteiger partial charge in [0.15, 0.2) is 0 Å². The van der Waals surface area contributed by atoms with Crippen molar-refractivity contribution in [1.29, 1.82) is 0 Å². The van der Waals surface area contributed by atoms with E-state index in [1.807, 2.05) is 6.07 Å². The van der Waals surface area contributed by atoms with Gasteiger partial charge in [0, 0.05) is 11.7 Å². The molecular weight excluding hydrogens is 260 g/mol. The molecule has 0 saturated heterocycles. The molecule has 1 fully saturated rings. The highest BCUT2D eigenvalue weighted by atomic mass is 35.5.